The lowest BCUT2D eigenvalue weighted by Gasteiger charge is -2.27. The van der Waals surface area contributed by atoms with Crippen molar-refractivity contribution in [2.45, 2.75) is 39.2 Å². The van der Waals surface area contributed by atoms with E-state index >= 15 is 0 Å². The van der Waals surface area contributed by atoms with Crippen LogP contribution in [0, 0.1) is 5.92 Å². The summed E-state index contributed by atoms with van der Waals surface area (Å²) in [5.41, 5.74) is 0.967. The Hall–Kier alpha value is -1.91. The topological polar surface area (TPSA) is 62.3 Å². The van der Waals surface area contributed by atoms with Gasteiger partial charge in [-0.2, -0.15) is 0 Å². The van der Waals surface area contributed by atoms with Gasteiger partial charge in [0.15, 0.2) is 0 Å². The van der Waals surface area contributed by atoms with E-state index < -0.39 is 6.04 Å². The number of hydrogen-bond donors (Lipinski definition) is 1. The second-order valence-corrected chi connectivity index (χ2v) is 5.58. The number of amides is 2. The molecule has 5 heteroatoms. The summed E-state index contributed by atoms with van der Waals surface area (Å²) in [6, 6.07) is 5.38. The van der Waals surface area contributed by atoms with Crippen LogP contribution in [0.25, 0.3) is 0 Å². The molecule has 1 aliphatic rings. The first-order valence-corrected chi connectivity index (χ1v) is 7.60. The Morgan fingerprint density at radius 2 is 2.24 bits per heavy atom. The van der Waals surface area contributed by atoms with Gasteiger partial charge in [0.25, 0.3) is 0 Å². The number of carbonyl (C=O) groups excluding carboxylic acids is 2. The molecular weight excluding hydrogens is 266 g/mol. The molecule has 114 valence electrons. The van der Waals surface area contributed by atoms with Crippen molar-refractivity contribution in [3.8, 4) is 0 Å². The molecule has 1 saturated heterocycles. The molecule has 0 aromatic carbocycles. The molecule has 2 atom stereocenters. The van der Waals surface area contributed by atoms with Gasteiger partial charge in [0.2, 0.25) is 11.8 Å². The predicted octanol–water partition coefficient (Wildman–Crippen LogP) is 1.39. The highest BCUT2D eigenvalue weighted by Gasteiger charge is 2.32. The van der Waals surface area contributed by atoms with Crippen molar-refractivity contribution >= 4 is 11.8 Å². The molecule has 1 aromatic heterocycles. The summed E-state index contributed by atoms with van der Waals surface area (Å²) < 4.78 is 0. The Morgan fingerprint density at radius 1 is 1.43 bits per heavy atom. The summed E-state index contributed by atoms with van der Waals surface area (Å²) in [5.74, 6) is 0.150. The Kier molecular flexibility index (Phi) is 5.31. The minimum atomic E-state index is -0.395. The van der Waals surface area contributed by atoms with Gasteiger partial charge in [-0.15, -0.1) is 0 Å². The number of hydrogen-bond acceptors (Lipinski definition) is 3. The Bertz CT molecular complexity index is 490. The smallest absolute Gasteiger partial charge is 0.245 e. The molecule has 5 nitrogen and oxygen atoms in total. The Balaban J connectivity index is 2.03. The lowest BCUT2D eigenvalue weighted by Crippen LogP contribution is -2.48. The Morgan fingerprint density at radius 3 is 2.90 bits per heavy atom. The molecule has 1 aliphatic heterocycles. The zero-order valence-electron chi connectivity index (χ0n) is 12.7. The van der Waals surface area contributed by atoms with E-state index in [9.17, 15) is 9.59 Å². The lowest BCUT2D eigenvalue weighted by molar-refractivity contribution is -0.134. The number of aromatic nitrogens is 1. The summed E-state index contributed by atoms with van der Waals surface area (Å²) in [6.07, 6.45) is 3.71. The van der Waals surface area contributed by atoms with Crippen LogP contribution in [-0.2, 0) is 16.0 Å². The van der Waals surface area contributed by atoms with Crippen molar-refractivity contribution in [3.05, 3.63) is 30.1 Å². The predicted molar refractivity (Wildman–Crippen MR) is 80.5 cm³/mol. The third-order valence-corrected chi connectivity index (χ3v) is 4.08. The van der Waals surface area contributed by atoms with Crippen LogP contribution in [0.5, 0.6) is 0 Å². The maximum absolute atomic E-state index is 12.6. The Labute approximate surface area is 125 Å². The van der Waals surface area contributed by atoms with Gasteiger partial charge in [-0.05, 0) is 18.1 Å². The van der Waals surface area contributed by atoms with Gasteiger partial charge in [0.05, 0.1) is 0 Å². The fourth-order valence-corrected chi connectivity index (χ4v) is 2.49. The zero-order valence-corrected chi connectivity index (χ0v) is 12.7. The van der Waals surface area contributed by atoms with Crippen LogP contribution >= 0.6 is 0 Å². The van der Waals surface area contributed by atoms with E-state index in [-0.39, 0.29) is 17.7 Å². The average molecular weight is 289 g/mol. The summed E-state index contributed by atoms with van der Waals surface area (Å²) in [6.45, 7) is 5.14. The van der Waals surface area contributed by atoms with E-state index in [1.54, 1.807) is 11.1 Å². The highest BCUT2D eigenvalue weighted by Crippen LogP contribution is 2.14. The van der Waals surface area contributed by atoms with E-state index in [0.29, 0.717) is 25.9 Å². The van der Waals surface area contributed by atoms with Gasteiger partial charge < -0.3 is 10.2 Å². The molecule has 21 heavy (non-hydrogen) atoms. The molecule has 1 fully saturated rings. The third kappa shape index (κ3) is 4.03. The highest BCUT2D eigenvalue weighted by atomic mass is 16.2. The lowest BCUT2D eigenvalue weighted by atomic mass is 9.98. The summed E-state index contributed by atoms with van der Waals surface area (Å²) in [7, 11) is 0. The number of rotatable bonds is 5. The molecule has 0 aliphatic carbocycles. The van der Waals surface area contributed by atoms with Crippen LogP contribution < -0.4 is 5.32 Å². The van der Waals surface area contributed by atoms with Crippen molar-refractivity contribution in [1.82, 2.24) is 15.2 Å². The first-order valence-electron chi connectivity index (χ1n) is 7.60. The van der Waals surface area contributed by atoms with E-state index in [4.69, 9.17) is 0 Å². The van der Waals surface area contributed by atoms with Gasteiger partial charge in [0, 0.05) is 37.8 Å². The quantitative estimate of drug-likeness (QED) is 0.891. The monoisotopic (exact) mass is 289 g/mol. The fraction of sp³-hybridized carbons (Fsp3) is 0.562. The van der Waals surface area contributed by atoms with Crippen molar-refractivity contribution in [3.63, 3.8) is 0 Å². The first kappa shape index (κ1) is 15.5. The van der Waals surface area contributed by atoms with Crippen LogP contribution in [0.15, 0.2) is 24.4 Å². The summed E-state index contributed by atoms with van der Waals surface area (Å²) in [4.78, 5) is 30.5. The normalized spacial score (nSPS) is 20.9. The van der Waals surface area contributed by atoms with Crippen molar-refractivity contribution < 1.29 is 9.59 Å². The highest BCUT2D eigenvalue weighted by molar-refractivity contribution is 5.90. The minimum absolute atomic E-state index is 0.0333. The van der Waals surface area contributed by atoms with E-state index in [1.807, 2.05) is 32.0 Å². The van der Waals surface area contributed by atoms with Crippen LogP contribution in [0.3, 0.4) is 0 Å². The molecule has 0 radical (unpaired) electrons. The molecule has 2 heterocycles. The standard InChI is InChI=1S/C16H23N3O2/c1-3-12(2)15-16(21)19(11-8-14(20)18-15)10-7-13-6-4-5-9-17-13/h4-6,9,12,15H,3,7-8,10-11H2,1-2H3,(H,18,20). The minimum Gasteiger partial charge on any atom is -0.344 e. The summed E-state index contributed by atoms with van der Waals surface area (Å²) in [5, 5.41) is 2.86. The SMILES string of the molecule is CCC(C)C1NC(=O)CCN(CCc2ccccn2)C1=O. The van der Waals surface area contributed by atoms with E-state index in [0.717, 1.165) is 12.1 Å². The molecule has 0 spiro atoms. The van der Waals surface area contributed by atoms with Crippen molar-refractivity contribution in [2.75, 3.05) is 13.1 Å². The summed E-state index contributed by atoms with van der Waals surface area (Å²) >= 11 is 0. The number of nitrogens with one attached hydrogen (secondary N) is 1. The third-order valence-electron chi connectivity index (χ3n) is 4.08. The van der Waals surface area contributed by atoms with Crippen LogP contribution in [0.1, 0.15) is 32.4 Å². The van der Waals surface area contributed by atoms with Crippen LogP contribution in [0.2, 0.25) is 0 Å². The largest absolute Gasteiger partial charge is 0.344 e. The second kappa shape index (κ2) is 7.20. The molecule has 0 saturated carbocycles. The maximum atomic E-state index is 12.6. The average Bonchev–Trinajstić information content (AvgIpc) is 2.65. The van der Waals surface area contributed by atoms with Crippen molar-refractivity contribution in [2.24, 2.45) is 5.92 Å². The van der Waals surface area contributed by atoms with Crippen LogP contribution in [0.4, 0.5) is 0 Å². The molecule has 2 amide bonds. The van der Waals surface area contributed by atoms with Gasteiger partial charge >= 0.3 is 0 Å². The van der Waals surface area contributed by atoms with E-state index in [2.05, 4.69) is 10.3 Å². The molecule has 1 N–H and O–H groups in total. The van der Waals surface area contributed by atoms with Gasteiger partial charge in [0.1, 0.15) is 6.04 Å². The van der Waals surface area contributed by atoms with E-state index in [1.165, 1.54) is 0 Å². The molecule has 2 rings (SSSR count). The van der Waals surface area contributed by atoms with Crippen LogP contribution in [-0.4, -0.2) is 40.8 Å². The first-order chi connectivity index (χ1) is 10.1. The molecular formula is C16H23N3O2. The second-order valence-electron chi connectivity index (χ2n) is 5.58. The number of carbonyl (C=O) groups is 2. The number of nitrogens with zero attached hydrogens (tertiary/aromatic N) is 2. The molecule has 1 aromatic rings. The molecule has 0 bridgehead atoms. The van der Waals surface area contributed by atoms with Crippen molar-refractivity contribution in [1.29, 1.82) is 0 Å². The zero-order chi connectivity index (χ0) is 15.2. The van der Waals surface area contributed by atoms with Gasteiger partial charge in [-0.25, -0.2) is 0 Å². The van der Waals surface area contributed by atoms with Gasteiger partial charge in [-0.1, -0.05) is 26.3 Å². The number of pyridine rings is 1. The fourth-order valence-electron chi connectivity index (χ4n) is 2.49. The van der Waals surface area contributed by atoms with Gasteiger partial charge in [-0.3, -0.25) is 14.6 Å². The molecule has 2 unspecified atom stereocenters. The maximum Gasteiger partial charge on any atom is 0.245 e.